The molecular weight excluding hydrogens is 296 g/mol. The molecule has 122 valence electrons. The summed E-state index contributed by atoms with van der Waals surface area (Å²) in [6.07, 6.45) is 4.91. The van der Waals surface area contributed by atoms with E-state index in [0.717, 1.165) is 24.9 Å². The van der Waals surface area contributed by atoms with Crippen LogP contribution in [0.2, 0.25) is 0 Å². The Morgan fingerprint density at radius 2 is 1.79 bits per heavy atom. The molecular formula is C21H22N2O. The zero-order valence-corrected chi connectivity index (χ0v) is 14.0. The molecule has 0 bridgehead atoms. The van der Waals surface area contributed by atoms with E-state index < -0.39 is 0 Å². The van der Waals surface area contributed by atoms with Gasteiger partial charge in [-0.15, -0.1) is 0 Å². The molecule has 1 aliphatic carbocycles. The fourth-order valence-corrected chi connectivity index (χ4v) is 3.62. The maximum atomic E-state index is 12.6. The molecule has 0 atom stereocenters. The molecule has 2 aromatic carbocycles. The van der Waals surface area contributed by atoms with E-state index >= 15 is 0 Å². The van der Waals surface area contributed by atoms with Gasteiger partial charge in [0.2, 0.25) is 5.91 Å². The van der Waals surface area contributed by atoms with Gasteiger partial charge in [-0.3, -0.25) is 4.79 Å². The maximum Gasteiger partial charge on any atom is 0.226 e. The summed E-state index contributed by atoms with van der Waals surface area (Å²) in [7, 11) is 1.93. The molecule has 0 spiro atoms. The van der Waals surface area contributed by atoms with E-state index in [1.807, 2.05) is 42.3 Å². The number of hydrogen-bond acceptors (Lipinski definition) is 1. The predicted octanol–water partition coefficient (Wildman–Crippen LogP) is 3.90. The first-order valence-electron chi connectivity index (χ1n) is 8.52. The van der Waals surface area contributed by atoms with Crippen molar-refractivity contribution in [1.82, 2.24) is 9.88 Å². The monoisotopic (exact) mass is 318 g/mol. The summed E-state index contributed by atoms with van der Waals surface area (Å²) < 4.78 is 0. The van der Waals surface area contributed by atoms with Crippen LogP contribution in [0.4, 0.5) is 0 Å². The molecule has 1 aromatic heterocycles. The molecule has 1 N–H and O–H groups in total. The zero-order valence-electron chi connectivity index (χ0n) is 14.0. The number of hydrogen-bond donors (Lipinski definition) is 1. The van der Waals surface area contributed by atoms with Crippen LogP contribution in [0.3, 0.4) is 0 Å². The molecule has 3 aromatic rings. The largest absolute Gasteiger partial charge is 0.361 e. The standard InChI is InChI=1S/C21H22N2O/c1-23(20(24)13-16-7-3-2-4-8-16)15-21(11-12-21)18-14-22-19-10-6-5-9-17(18)19/h2-10,14,22H,11-13,15H2,1H3. The van der Waals surface area contributed by atoms with Crippen molar-refractivity contribution in [2.75, 3.05) is 13.6 Å². The van der Waals surface area contributed by atoms with Gasteiger partial charge in [-0.2, -0.15) is 0 Å². The Balaban J connectivity index is 1.51. The second-order valence-corrected chi connectivity index (χ2v) is 6.94. The minimum Gasteiger partial charge on any atom is -0.361 e. The number of H-pyrrole nitrogens is 1. The highest BCUT2D eigenvalue weighted by molar-refractivity contribution is 5.85. The molecule has 3 heteroatoms. The SMILES string of the molecule is CN(CC1(c2c[nH]c3ccccc23)CC1)C(=O)Cc1ccccc1. The Labute approximate surface area is 142 Å². The summed E-state index contributed by atoms with van der Waals surface area (Å²) in [4.78, 5) is 17.8. The van der Waals surface area contributed by atoms with Crippen LogP contribution in [0.15, 0.2) is 60.8 Å². The van der Waals surface area contributed by atoms with Gasteiger partial charge < -0.3 is 9.88 Å². The van der Waals surface area contributed by atoms with Crippen molar-refractivity contribution in [3.63, 3.8) is 0 Å². The van der Waals surface area contributed by atoms with E-state index in [1.165, 1.54) is 16.5 Å². The first-order valence-corrected chi connectivity index (χ1v) is 8.52. The minimum atomic E-state index is 0.126. The third-order valence-electron chi connectivity index (χ3n) is 5.18. The number of para-hydroxylation sites is 1. The topological polar surface area (TPSA) is 36.1 Å². The van der Waals surface area contributed by atoms with Gasteiger partial charge in [0.25, 0.3) is 0 Å². The Hall–Kier alpha value is -2.55. The van der Waals surface area contributed by atoms with Crippen LogP contribution >= 0.6 is 0 Å². The zero-order chi connectivity index (χ0) is 16.6. The van der Waals surface area contributed by atoms with E-state index in [-0.39, 0.29) is 11.3 Å². The van der Waals surface area contributed by atoms with Crippen molar-refractivity contribution in [3.8, 4) is 0 Å². The van der Waals surface area contributed by atoms with Crippen LogP contribution < -0.4 is 0 Å². The quantitative estimate of drug-likeness (QED) is 0.761. The van der Waals surface area contributed by atoms with Gasteiger partial charge in [-0.1, -0.05) is 48.5 Å². The van der Waals surface area contributed by atoms with Crippen LogP contribution in [0, 0.1) is 0 Å². The number of carbonyl (C=O) groups is 1. The molecule has 1 fully saturated rings. The summed E-state index contributed by atoms with van der Waals surface area (Å²) in [5.74, 6) is 0.187. The fourth-order valence-electron chi connectivity index (χ4n) is 3.62. The van der Waals surface area contributed by atoms with E-state index in [1.54, 1.807) is 0 Å². The average molecular weight is 318 g/mol. The van der Waals surface area contributed by atoms with Gasteiger partial charge in [0.05, 0.1) is 6.42 Å². The number of likely N-dealkylation sites (N-methyl/N-ethyl adjacent to an activating group) is 1. The lowest BCUT2D eigenvalue weighted by Crippen LogP contribution is -2.35. The fraction of sp³-hybridized carbons (Fsp3) is 0.286. The van der Waals surface area contributed by atoms with E-state index in [2.05, 4.69) is 35.4 Å². The Morgan fingerprint density at radius 3 is 2.54 bits per heavy atom. The van der Waals surface area contributed by atoms with Gasteiger partial charge in [-0.05, 0) is 30.0 Å². The van der Waals surface area contributed by atoms with Crippen molar-refractivity contribution in [2.45, 2.75) is 24.7 Å². The normalized spacial score (nSPS) is 15.4. The number of nitrogens with one attached hydrogen (secondary N) is 1. The molecule has 4 rings (SSSR count). The van der Waals surface area contributed by atoms with Crippen molar-refractivity contribution in [2.24, 2.45) is 0 Å². The first kappa shape index (κ1) is 15.0. The van der Waals surface area contributed by atoms with Crippen molar-refractivity contribution in [1.29, 1.82) is 0 Å². The molecule has 0 radical (unpaired) electrons. The lowest BCUT2D eigenvalue weighted by molar-refractivity contribution is -0.129. The summed E-state index contributed by atoms with van der Waals surface area (Å²) in [5, 5.41) is 1.29. The lowest BCUT2D eigenvalue weighted by atomic mass is 9.94. The van der Waals surface area contributed by atoms with Gasteiger partial charge >= 0.3 is 0 Å². The molecule has 0 aliphatic heterocycles. The highest BCUT2D eigenvalue weighted by atomic mass is 16.2. The van der Waals surface area contributed by atoms with E-state index in [9.17, 15) is 4.79 Å². The third kappa shape index (κ3) is 2.71. The third-order valence-corrected chi connectivity index (χ3v) is 5.18. The van der Waals surface area contributed by atoms with Crippen LogP contribution in [0.5, 0.6) is 0 Å². The maximum absolute atomic E-state index is 12.6. The van der Waals surface area contributed by atoms with Crippen molar-refractivity contribution < 1.29 is 4.79 Å². The molecule has 1 aliphatic rings. The molecule has 1 amide bonds. The summed E-state index contributed by atoms with van der Waals surface area (Å²) in [6.45, 7) is 0.792. The number of nitrogens with zero attached hydrogens (tertiary/aromatic N) is 1. The lowest BCUT2D eigenvalue weighted by Gasteiger charge is -2.24. The molecule has 1 saturated carbocycles. The van der Waals surface area contributed by atoms with Crippen molar-refractivity contribution >= 4 is 16.8 Å². The Kier molecular flexibility index (Phi) is 3.64. The van der Waals surface area contributed by atoms with Gasteiger partial charge in [-0.25, -0.2) is 0 Å². The number of rotatable bonds is 5. The number of benzene rings is 2. The second-order valence-electron chi connectivity index (χ2n) is 6.94. The Bertz CT molecular complexity index is 862. The minimum absolute atomic E-state index is 0.126. The van der Waals surface area contributed by atoms with Crippen molar-refractivity contribution in [3.05, 3.63) is 71.9 Å². The van der Waals surface area contributed by atoms with Gasteiger partial charge in [0.15, 0.2) is 0 Å². The first-order chi connectivity index (χ1) is 11.7. The van der Waals surface area contributed by atoms with Crippen LogP contribution in [0.25, 0.3) is 10.9 Å². The number of aromatic amines is 1. The summed E-state index contributed by atoms with van der Waals surface area (Å²) >= 11 is 0. The smallest absolute Gasteiger partial charge is 0.226 e. The molecule has 1 heterocycles. The molecule has 24 heavy (non-hydrogen) atoms. The number of carbonyl (C=O) groups excluding carboxylic acids is 1. The average Bonchev–Trinajstić information content (AvgIpc) is 3.24. The highest BCUT2D eigenvalue weighted by Crippen LogP contribution is 2.50. The number of aromatic nitrogens is 1. The number of amides is 1. The van der Waals surface area contributed by atoms with E-state index in [4.69, 9.17) is 0 Å². The van der Waals surface area contributed by atoms with Crippen LogP contribution in [-0.4, -0.2) is 29.4 Å². The highest BCUT2D eigenvalue weighted by Gasteiger charge is 2.47. The summed E-state index contributed by atoms with van der Waals surface area (Å²) in [6, 6.07) is 18.4. The Morgan fingerprint density at radius 1 is 1.08 bits per heavy atom. The van der Waals surface area contributed by atoms with Gasteiger partial charge in [0, 0.05) is 36.1 Å². The predicted molar refractivity (Wildman–Crippen MR) is 97.0 cm³/mol. The second kappa shape index (κ2) is 5.82. The molecule has 0 saturated heterocycles. The number of fused-ring (bicyclic) bond motifs is 1. The van der Waals surface area contributed by atoms with Crippen LogP contribution in [-0.2, 0) is 16.6 Å². The van der Waals surface area contributed by atoms with Gasteiger partial charge in [0.1, 0.15) is 0 Å². The van der Waals surface area contributed by atoms with E-state index in [0.29, 0.717) is 6.42 Å². The molecule has 3 nitrogen and oxygen atoms in total. The summed E-state index contributed by atoms with van der Waals surface area (Å²) in [5.41, 5.74) is 3.74. The van der Waals surface area contributed by atoms with Crippen LogP contribution in [0.1, 0.15) is 24.0 Å². The molecule has 0 unspecified atom stereocenters.